The highest BCUT2D eigenvalue weighted by Gasteiger charge is 2.54. The van der Waals surface area contributed by atoms with E-state index < -0.39 is 11.8 Å². The Bertz CT molecular complexity index is 1300. The molecule has 5 rings (SSSR count). The molecule has 1 spiro atoms. The highest BCUT2D eigenvalue weighted by atomic mass is 35.5. The Morgan fingerprint density at radius 1 is 1.03 bits per heavy atom. The zero-order valence-corrected chi connectivity index (χ0v) is 21.2. The molecule has 1 atom stereocenters. The summed E-state index contributed by atoms with van der Waals surface area (Å²) in [4.78, 5) is 43.6. The van der Waals surface area contributed by atoms with Gasteiger partial charge in [0, 0.05) is 42.1 Å². The van der Waals surface area contributed by atoms with Crippen LogP contribution in [0.4, 0.5) is 0 Å². The fourth-order valence-electron chi connectivity index (χ4n) is 5.08. The van der Waals surface area contributed by atoms with E-state index in [2.05, 4.69) is 5.32 Å². The van der Waals surface area contributed by atoms with Crippen LogP contribution in [0.15, 0.2) is 71.3 Å². The Hall–Kier alpha value is -3.62. The summed E-state index contributed by atoms with van der Waals surface area (Å²) in [6.45, 7) is 2.91. The number of aryl methyl sites for hydroxylation is 1. The maximum Gasteiger partial charge on any atom is 0.257 e. The average molecular weight is 522 g/mol. The number of piperidine rings is 1. The van der Waals surface area contributed by atoms with Crippen molar-refractivity contribution in [1.29, 1.82) is 0 Å². The lowest BCUT2D eigenvalue weighted by Crippen LogP contribution is -2.59. The molecule has 0 aliphatic carbocycles. The number of carbonyl (C=O) groups excluding carboxylic acids is 3. The summed E-state index contributed by atoms with van der Waals surface area (Å²) in [5, 5.41) is 3.37. The van der Waals surface area contributed by atoms with Crippen molar-refractivity contribution in [1.82, 2.24) is 15.1 Å². The molecule has 1 N–H and O–H groups in total. The number of rotatable bonds is 5. The first-order chi connectivity index (χ1) is 17.9. The Morgan fingerprint density at radius 2 is 1.81 bits per heavy atom. The zero-order chi connectivity index (χ0) is 26.0. The number of halogens is 1. The van der Waals surface area contributed by atoms with Gasteiger partial charge in [-0.2, -0.15) is 0 Å². The zero-order valence-electron chi connectivity index (χ0n) is 20.5. The molecule has 192 valence electrons. The third-order valence-electron chi connectivity index (χ3n) is 7.08. The normalized spacial score (nSPS) is 18.7. The minimum atomic E-state index is -0.989. The van der Waals surface area contributed by atoms with Gasteiger partial charge in [0.25, 0.3) is 11.8 Å². The number of nitrogens with one attached hydrogen (secondary N) is 1. The largest absolute Gasteiger partial charge is 0.467 e. The van der Waals surface area contributed by atoms with E-state index in [0.717, 1.165) is 5.56 Å². The number of benzene rings is 2. The van der Waals surface area contributed by atoms with Gasteiger partial charge < -0.3 is 19.4 Å². The van der Waals surface area contributed by atoms with Crippen molar-refractivity contribution in [2.75, 3.05) is 19.7 Å². The summed E-state index contributed by atoms with van der Waals surface area (Å²) in [7, 11) is 0. The first kappa shape index (κ1) is 25.0. The number of amides is 3. The predicted octanol–water partition coefficient (Wildman–Crippen LogP) is 4.03. The van der Waals surface area contributed by atoms with Crippen LogP contribution in [0.2, 0.25) is 5.02 Å². The van der Waals surface area contributed by atoms with Crippen molar-refractivity contribution in [3.63, 3.8) is 0 Å². The Balaban J connectivity index is 1.38. The summed E-state index contributed by atoms with van der Waals surface area (Å²) in [5.41, 5.74) is 0.863. The van der Waals surface area contributed by atoms with Crippen molar-refractivity contribution < 1.29 is 23.5 Å². The monoisotopic (exact) mass is 521 g/mol. The van der Waals surface area contributed by atoms with Crippen molar-refractivity contribution in [3.05, 3.63) is 94.4 Å². The number of likely N-dealkylation sites (tertiary alicyclic amines) is 1. The number of hydrogen-bond donors (Lipinski definition) is 1. The maximum absolute atomic E-state index is 13.9. The third kappa shape index (κ3) is 4.99. The van der Waals surface area contributed by atoms with Crippen molar-refractivity contribution >= 4 is 29.3 Å². The molecule has 9 heteroatoms. The van der Waals surface area contributed by atoms with Gasteiger partial charge in [-0.3, -0.25) is 19.3 Å². The second-order valence-corrected chi connectivity index (χ2v) is 9.80. The van der Waals surface area contributed by atoms with Gasteiger partial charge in [0.2, 0.25) is 5.91 Å². The fourth-order valence-corrected chi connectivity index (χ4v) is 5.27. The molecule has 37 heavy (non-hydrogen) atoms. The Labute approximate surface area is 220 Å². The molecule has 1 unspecified atom stereocenters. The van der Waals surface area contributed by atoms with E-state index in [-0.39, 0.29) is 30.9 Å². The maximum atomic E-state index is 13.9. The van der Waals surface area contributed by atoms with Crippen LogP contribution in [0.5, 0.6) is 0 Å². The van der Waals surface area contributed by atoms with Gasteiger partial charge in [0.1, 0.15) is 17.5 Å². The molecule has 3 amide bonds. The number of ether oxygens (including phenoxy) is 1. The van der Waals surface area contributed by atoms with Crippen LogP contribution in [-0.2, 0) is 16.1 Å². The summed E-state index contributed by atoms with van der Waals surface area (Å²) in [6, 6.07) is 16.9. The minimum absolute atomic E-state index is 0.0733. The van der Waals surface area contributed by atoms with Crippen molar-refractivity contribution in [2.45, 2.75) is 38.1 Å². The first-order valence-electron chi connectivity index (χ1n) is 12.3. The second kappa shape index (κ2) is 10.4. The van der Waals surface area contributed by atoms with Crippen LogP contribution in [-0.4, -0.2) is 59.0 Å². The lowest BCUT2D eigenvalue weighted by atomic mass is 9.95. The van der Waals surface area contributed by atoms with Crippen LogP contribution >= 0.6 is 11.6 Å². The summed E-state index contributed by atoms with van der Waals surface area (Å²) < 4.78 is 11.6. The SMILES string of the molecule is Cc1ccccc1C(=O)N1C(C(=O)NCc2ccco2)COC12CCN(C(=O)c1cccc(Cl)c1)CC2. The molecule has 0 saturated carbocycles. The van der Waals surface area contributed by atoms with Crippen LogP contribution < -0.4 is 5.32 Å². The lowest BCUT2D eigenvalue weighted by Gasteiger charge is -2.44. The van der Waals surface area contributed by atoms with Gasteiger partial charge in [0.15, 0.2) is 0 Å². The standard InChI is InChI=1S/C28H28ClN3O5/c1-19-6-2-3-10-23(19)27(35)32-24(25(33)30-17-22-9-5-15-36-22)18-37-28(32)11-13-31(14-12-28)26(34)20-7-4-8-21(29)16-20/h2-10,15-16,24H,11-14,17-18H2,1H3,(H,30,33). The molecule has 2 aromatic carbocycles. The Morgan fingerprint density at radius 3 is 2.51 bits per heavy atom. The molecule has 2 fully saturated rings. The van der Waals surface area contributed by atoms with Gasteiger partial charge in [-0.05, 0) is 48.9 Å². The van der Waals surface area contributed by atoms with Gasteiger partial charge in [0.05, 0.1) is 19.4 Å². The summed E-state index contributed by atoms with van der Waals surface area (Å²) >= 11 is 6.08. The van der Waals surface area contributed by atoms with Gasteiger partial charge in [-0.1, -0.05) is 35.9 Å². The molecular formula is C28H28ClN3O5. The second-order valence-electron chi connectivity index (χ2n) is 9.36. The van der Waals surface area contributed by atoms with Crippen molar-refractivity contribution in [3.8, 4) is 0 Å². The van der Waals surface area contributed by atoms with Crippen LogP contribution in [0.3, 0.4) is 0 Å². The van der Waals surface area contributed by atoms with E-state index in [9.17, 15) is 14.4 Å². The predicted molar refractivity (Wildman–Crippen MR) is 137 cm³/mol. The molecule has 3 aromatic rings. The number of furan rings is 1. The van der Waals surface area contributed by atoms with E-state index >= 15 is 0 Å². The van der Waals surface area contributed by atoms with E-state index in [1.165, 1.54) is 0 Å². The van der Waals surface area contributed by atoms with Crippen LogP contribution in [0.25, 0.3) is 0 Å². The molecule has 0 bridgehead atoms. The molecule has 0 radical (unpaired) electrons. The highest BCUT2D eigenvalue weighted by molar-refractivity contribution is 6.30. The Kier molecular flexibility index (Phi) is 7.04. The highest BCUT2D eigenvalue weighted by Crippen LogP contribution is 2.39. The summed E-state index contributed by atoms with van der Waals surface area (Å²) in [5.74, 6) is -0.0810. The minimum Gasteiger partial charge on any atom is -0.467 e. The number of carbonyl (C=O) groups is 3. The quantitative estimate of drug-likeness (QED) is 0.547. The van der Waals surface area contributed by atoms with E-state index in [4.69, 9.17) is 20.8 Å². The molecule has 1 aromatic heterocycles. The first-order valence-corrected chi connectivity index (χ1v) is 12.6. The number of nitrogens with zero attached hydrogens (tertiary/aromatic N) is 2. The third-order valence-corrected chi connectivity index (χ3v) is 7.31. The van der Waals surface area contributed by atoms with Crippen LogP contribution in [0, 0.1) is 6.92 Å². The smallest absolute Gasteiger partial charge is 0.257 e. The number of hydrogen-bond acceptors (Lipinski definition) is 5. The van der Waals surface area contributed by atoms with Gasteiger partial charge in [-0.25, -0.2) is 0 Å². The van der Waals surface area contributed by atoms with Crippen molar-refractivity contribution in [2.24, 2.45) is 0 Å². The molecular weight excluding hydrogens is 494 g/mol. The van der Waals surface area contributed by atoms with E-state index in [0.29, 0.717) is 47.8 Å². The average Bonchev–Trinajstić information content (AvgIpc) is 3.56. The van der Waals surface area contributed by atoms with E-state index in [1.54, 1.807) is 58.5 Å². The summed E-state index contributed by atoms with van der Waals surface area (Å²) in [6.07, 6.45) is 2.32. The van der Waals surface area contributed by atoms with E-state index in [1.807, 2.05) is 25.1 Å². The lowest BCUT2D eigenvalue weighted by molar-refractivity contribution is -0.128. The van der Waals surface area contributed by atoms with Gasteiger partial charge >= 0.3 is 0 Å². The molecule has 2 aliphatic rings. The molecule has 2 saturated heterocycles. The molecule has 2 aliphatic heterocycles. The van der Waals surface area contributed by atoms with Gasteiger partial charge in [-0.15, -0.1) is 0 Å². The molecule has 8 nitrogen and oxygen atoms in total. The topological polar surface area (TPSA) is 92.1 Å². The van der Waals surface area contributed by atoms with Crippen LogP contribution in [0.1, 0.15) is 44.9 Å². The fraction of sp³-hybridized carbons (Fsp3) is 0.321. The molecule has 3 heterocycles.